The van der Waals surface area contributed by atoms with Gasteiger partial charge in [0.15, 0.2) is 0 Å². The molecular formula is C15H23ClN4O. The maximum Gasteiger partial charge on any atom is 0.246 e. The van der Waals surface area contributed by atoms with Crippen LogP contribution in [-0.4, -0.2) is 46.8 Å². The molecule has 0 unspecified atom stereocenters. The first-order valence-electron chi connectivity index (χ1n) is 7.39. The lowest BCUT2D eigenvalue weighted by Gasteiger charge is -2.26. The summed E-state index contributed by atoms with van der Waals surface area (Å²) >= 11 is 6.36. The van der Waals surface area contributed by atoms with Crippen LogP contribution in [0.4, 0.5) is 0 Å². The van der Waals surface area contributed by atoms with Crippen molar-refractivity contribution in [1.29, 1.82) is 0 Å². The molecule has 6 heteroatoms. The van der Waals surface area contributed by atoms with Crippen LogP contribution in [0, 0.1) is 12.8 Å². The van der Waals surface area contributed by atoms with E-state index in [0.717, 1.165) is 44.0 Å². The number of nitrogens with one attached hydrogen (secondary N) is 1. The standard InChI is InChI=1S/C15H23ClN4O/c1-11(2)10-20-15(16)13(12(3)18-20)4-5-14(21)19-8-6-17-7-9-19/h4-5,11,17H,6-10H2,1-3H3. The summed E-state index contributed by atoms with van der Waals surface area (Å²) in [5.74, 6) is 0.504. The summed E-state index contributed by atoms with van der Waals surface area (Å²) in [6.07, 6.45) is 3.38. The second-order valence-electron chi connectivity index (χ2n) is 5.77. The van der Waals surface area contributed by atoms with E-state index in [0.29, 0.717) is 11.1 Å². The van der Waals surface area contributed by atoms with Crippen LogP contribution >= 0.6 is 11.6 Å². The molecule has 1 aliphatic heterocycles. The van der Waals surface area contributed by atoms with E-state index in [9.17, 15) is 4.79 Å². The zero-order valence-corrected chi connectivity index (χ0v) is 13.7. The summed E-state index contributed by atoms with van der Waals surface area (Å²) < 4.78 is 1.80. The molecule has 0 radical (unpaired) electrons. The third-order valence-electron chi connectivity index (χ3n) is 3.47. The topological polar surface area (TPSA) is 50.2 Å². The number of aryl methyl sites for hydroxylation is 1. The highest BCUT2D eigenvalue weighted by Gasteiger charge is 2.15. The Bertz CT molecular complexity index is 530. The fraction of sp³-hybridized carbons (Fsp3) is 0.600. The normalized spacial score (nSPS) is 16.1. The number of hydrogen-bond donors (Lipinski definition) is 1. The fourth-order valence-corrected chi connectivity index (χ4v) is 2.68. The lowest BCUT2D eigenvalue weighted by Crippen LogP contribution is -2.45. The van der Waals surface area contributed by atoms with Crippen molar-refractivity contribution >= 4 is 23.6 Å². The van der Waals surface area contributed by atoms with Crippen molar-refractivity contribution in [2.45, 2.75) is 27.3 Å². The molecular weight excluding hydrogens is 288 g/mol. The molecule has 5 nitrogen and oxygen atoms in total. The molecule has 0 spiro atoms. The van der Waals surface area contributed by atoms with Crippen molar-refractivity contribution in [1.82, 2.24) is 20.0 Å². The maximum absolute atomic E-state index is 12.1. The first kappa shape index (κ1) is 16.0. The van der Waals surface area contributed by atoms with Crippen molar-refractivity contribution in [2.24, 2.45) is 5.92 Å². The molecule has 1 aliphatic rings. The Balaban J connectivity index is 2.09. The lowest BCUT2D eigenvalue weighted by molar-refractivity contribution is -0.126. The predicted octanol–water partition coefficient (Wildman–Crippen LogP) is 1.95. The van der Waals surface area contributed by atoms with Gasteiger partial charge in [0.25, 0.3) is 0 Å². The number of amides is 1. The van der Waals surface area contributed by atoms with E-state index in [1.54, 1.807) is 16.8 Å². The Kier molecular flexibility index (Phi) is 5.42. The van der Waals surface area contributed by atoms with E-state index in [1.807, 2.05) is 11.8 Å². The lowest BCUT2D eigenvalue weighted by atomic mass is 10.2. The smallest absolute Gasteiger partial charge is 0.246 e. The fourth-order valence-electron chi connectivity index (χ4n) is 2.37. The van der Waals surface area contributed by atoms with Gasteiger partial charge in [-0.2, -0.15) is 5.10 Å². The highest BCUT2D eigenvalue weighted by molar-refractivity contribution is 6.31. The number of carbonyl (C=O) groups is 1. The number of aromatic nitrogens is 2. The van der Waals surface area contributed by atoms with Crippen molar-refractivity contribution in [2.75, 3.05) is 26.2 Å². The Morgan fingerprint density at radius 2 is 2.10 bits per heavy atom. The first-order valence-corrected chi connectivity index (χ1v) is 7.77. The van der Waals surface area contributed by atoms with E-state index in [-0.39, 0.29) is 5.91 Å². The van der Waals surface area contributed by atoms with Crippen LogP contribution < -0.4 is 5.32 Å². The number of rotatable bonds is 4. The number of carbonyl (C=O) groups excluding carboxylic acids is 1. The first-order chi connectivity index (χ1) is 9.99. The highest BCUT2D eigenvalue weighted by Crippen LogP contribution is 2.22. The second-order valence-corrected chi connectivity index (χ2v) is 6.13. The molecule has 1 N–H and O–H groups in total. The van der Waals surface area contributed by atoms with E-state index in [4.69, 9.17) is 11.6 Å². The molecule has 1 saturated heterocycles. The van der Waals surface area contributed by atoms with Gasteiger partial charge >= 0.3 is 0 Å². The predicted molar refractivity (Wildman–Crippen MR) is 85.3 cm³/mol. The van der Waals surface area contributed by atoms with E-state index in [1.165, 1.54) is 0 Å². The van der Waals surface area contributed by atoms with Gasteiger partial charge in [0.2, 0.25) is 5.91 Å². The summed E-state index contributed by atoms with van der Waals surface area (Å²) in [4.78, 5) is 14.0. The minimum Gasteiger partial charge on any atom is -0.337 e. The third-order valence-corrected chi connectivity index (χ3v) is 3.87. The average Bonchev–Trinajstić information content (AvgIpc) is 2.71. The van der Waals surface area contributed by atoms with Crippen molar-refractivity contribution in [3.05, 3.63) is 22.5 Å². The van der Waals surface area contributed by atoms with Gasteiger partial charge in [-0.05, 0) is 18.9 Å². The Morgan fingerprint density at radius 3 is 2.71 bits per heavy atom. The van der Waals surface area contributed by atoms with Crippen molar-refractivity contribution in [3.8, 4) is 0 Å². The van der Waals surface area contributed by atoms with Gasteiger partial charge in [-0.25, -0.2) is 0 Å². The van der Waals surface area contributed by atoms with Crippen molar-refractivity contribution < 1.29 is 4.79 Å². The second kappa shape index (κ2) is 7.09. The molecule has 116 valence electrons. The minimum absolute atomic E-state index is 0.0311. The zero-order chi connectivity index (χ0) is 15.4. The molecule has 1 aromatic heterocycles. The van der Waals surface area contributed by atoms with Crippen molar-refractivity contribution in [3.63, 3.8) is 0 Å². The van der Waals surface area contributed by atoms with Crippen LogP contribution in [0.5, 0.6) is 0 Å². The molecule has 2 rings (SSSR count). The van der Waals surface area contributed by atoms with Crippen LogP contribution in [0.15, 0.2) is 6.08 Å². The summed E-state index contributed by atoms with van der Waals surface area (Å²) in [6.45, 7) is 10.1. The Labute approximate surface area is 130 Å². The summed E-state index contributed by atoms with van der Waals surface area (Å²) in [5.41, 5.74) is 1.69. The van der Waals surface area contributed by atoms with Crippen LogP contribution in [0.25, 0.3) is 6.08 Å². The van der Waals surface area contributed by atoms with Gasteiger partial charge in [-0.3, -0.25) is 9.48 Å². The number of nitrogens with zero attached hydrogens (tertiary/aromatic N) is 3. The van der Waals surface area contributed by atoms with E-state index < -0.39 is 0 Å². The molecule has 1 aromatic rings. The molecule has 0 atom stereocenters. The van der Waals surface area contributed by atoms with Crippen LogP contribution in [-0.2, 0) is 11.3 Å². The molecule has 0 bridgehead atoms. The van der Waals surface area contributed by atoms with Gasteiger partial charge in [0, 0.05) is 44.4 Å². The highest BCUT2D eigenvalue weighted by atomic mass is 35.5. The molecule has 0 saturated carbocycles. The summed E-state index contributed by atoms with van der Waals surface area (Å²) in [6, 6.07) is 0. The average molecular weight is 311 g/mol. The Hall–Kier alpha value is -1.33. The SMILES string of the molecule is Cc1nn(CC(C)C)c(Cl)c1C=CC(=O)N1CCNCC1. The molecule has 0 aliphatic carbocycles. The summed E-state index contributed by atoms with van der Waals surface area (Å²) in [7, 11) is 0. The molecule has 1 fully saturated rings. The van der Waals surface area contributed by atoms with Gasteiger partial charge in [-0.15, -0.1) is 0 Å². The Morgan fingerprint density at radius 1 is 1.43 bits per heavy atom. The number of hydrogen-bond acceptors (Lipinski definition) is 3. The molecule has 1 amide bonds. The van der Waals surface area contributed by atoms with Crippen LogP contribution in [0.1, 0.15) is 25.1 Å². The van der Waals surface area contributed by atoms with Gasteiger partial charge in [0.05, 0.1) is 5.69 Å². The quantitative estimate of drug-likeness (QED) is 0.865. The molecule has 21 heavy (non-hydrogen) atoms. The monoisotopic (exact) mass is 310 g/mol. The van der Waals surface area contributed by atoms with Crippen LogP contribution in [0.3, 0.4) is 0 Å². The molecule has 2 heterocycles. The van der Waals surface area contributed by atoms with Crippen LogP contribution in [0.2, 0.25) is 5.15 Å². The zero-order valence-electron chi connectivity index (χ0n) is 12.9. The minimum atomic E-state index is 0.0311. The van der Waals surface area contributed by atoms with Gasteiger partial charge in [-0.1, -0.05) is 25.4 Å². The maximum atomic E-state index is 12.1. The molecule has 0 aromatic carbocycles. The number of halogens is 1. The van der Waals surface area contributed by atoms with Gasteiger partial charge < -0.3 is 10.2 Å². The summed E-state index contributed by atoms with van der Waals surface area (Å²) in [5, 5.41) is 8.27. The largest absolute Gasteiger partial charge is 0.337 e. The van der Waals surface area contributed by atoms with Gasteiger partial charge in [0.1, 0.15) is 5.15 Å². The number of piperazine rings is 1. The van der Waals surface area contributed by atoms with E-state index >= 15 is 0 Å². The van der Waals surface area contributed by atoms with E-state index in [2.05, 4.69) is 24.3 Å². The third kappa shape index (κ3) is 4.08.